The van der Waals surface area contributed by atoms with Crippen LogP contribution >= 0.6 is 46.9 Å². The van der Waals surface area contributed by atoms with Crippen molar-refractivity contribution in [3.8, 4) is 0 Å². The Balaban J connectivity index is 1.56. The smallest absolute Gasteiger partial charge is 0.382 e. The van der Waals surface area contributed by atoms with Crippen LogP contribution in [0, 0.1) is 0 Å². The average Bonchev–Trinajstić information content (AvgIpc) is 3.37. The lowest BCUT2D eigenvalue weighted by molar-refractivity contribution is -0.195. The van der Waals surface area contributed by atoms with Gasteiger partial charge in [0.2, 0.25) is 0 Å². The van der Waals surface area contributed by atoms with Gasteiger partial charge in [0.1, 0.15) is 18.8 Å². The van der Waals surface area contributed by atoms with Gasteiger partial charge in [-0.1, -0.05) is 0 Å². The summed E-state index contributed by atoms with van der Waals surface area (Å²) in [6.45, 7) is -3.09. The fourth-order valence-electron chi connectivity index (χ4n) is 5.20. The highest BCUT2D eigenvalue weighted by atomic mass is 31.3. The minimum Gasteiger partial charge on any atom is -0.382 e. The molecule has 0 aliphatic carbocycles. The number of nitrogens with zero attached hydrogens (tertiary/aromatic N) is 3. The molecule has 11 N–H and O–H groups in total. The maximum absolute atomic E-state index is 16.2. The molecular weight excluding hydrogens is 1000 g/mol. The molecule has 42 heteroatoms. The highest BCUT2D eigenvalue weighted by Crippen LogP contribution is 2.68. The lowest BCUT2D eigenvalue weighted by atomic mass is 9.96. The van der Waals surface area contributed by atoms with Crippen molar-refractivity contribution in [2.45, 2.75) is 61.6 Å². The number of rotatable bonds is 19. The Morgan fingerprint density at radius 1 is 0.726 bits per heavy atom. The van der Waals surface area contributed by atoms with Crippen molar-refractivity contribution >= 4 is 52.8 Å². The van der Waals surface area contributed by atoms with Crippen molar-refractivity contribution in [3.63, 3.8) is 0 Å². The van der Waals surface area contributed by atoms with E-state index in [4.69, 9.17) is 33.9 Å². The Labute approximate surface area is 337 Å². The van der Waals surface area contributed by atoms with Gasteiger partial charge in [0.15, 0.2) is 36.2 Å². The fourth-order valence-corrected chi connectivity index (χ4v) is 11.3. The summed E-state index contributed by atoms with van der Waals surface area (Å²) >= 11 is 0. The molecule has 0 radical (unpaired) electrons. The molecule has 354 valence electrons. The monoisotopic (exact) mass is 1030 g/mol. The van der Waals surface area contributed by atoms with Crippen LogP contribution in [0.3, 0.4) is 0 Å². The van der Waals surface area contributed by atoms with Gasteiger partial charge in [0.25, 0.3) is 17.3 Å². The van der Waals surface area contributed by atoms with Crippen molar-refractivity contribution in [2.24, 2.45) is 0 Å². The zero-order valence-corrected chi connectivity index (χ0v) is 35.3. The van der Waals surface area contributed by atoms with Crippen LogP contribution in [0.5, 0.6) is 0 Å². The van der Waals surface area contributed by atoms with E-state index < -0.39 is 131 Å². The van der Waals surface area contributed by atoms with Crippen molar-refractivity contribution in [2.75, 3.05) is 18.7 Å². The molecular formula is C20H29F4N5O27P6. The Hall–Kier alpha value is -2.26. The van der Waals surface area contributed by atoms with Crippen LogP contribution in [0.4, 0.5) is 23.4 Å². The van der Waals surface area contributed by atoms with E-state index in [0.29, 0.717) is 38.4 Å². The molecule has 0 aromatic carbocycles. The number of H-pyrrole nitrogens is 1. The number of aromatic amines is 1. The lowest BCUT2D eigenvalue weighted by Gasteiger charge is -2.31. The summed E-state index contributed by atoms with van der Waals surface area (Å²) in [6, 6.07) is 1.29. The highest BCUT2D eigenvalue weighted by molar-refractivity contribution is 7.67. The first-order valence-corrected chi connectivity index (χ1v) is 24.4. The van der Waals surface area contributed by atoms with E-state index in [1.54, 1.807) is 4.98 Å². The zero-order valence-electron chi connectivity index (χ0n) is 29.9. The molecule has 2 aromatic rings. The van der Waals surface area contributed by atoms with E-state index in [0.717, 1.165) is 0 Å². The number of anilines is 1. The molecule has 0 saturated carbocycles. The first-order chi connectivity index (χ1) is 27.7. The minimum absolute atomic E-state index is 0.167. The van der Waals surface area contributed by atoms with Gasteiger partial charge in [-0.2, -0.15) is 22.2 Å². The Morgan fingerprint density at radius 2 is 1.18 bits per heavy atom. The van der Waals surface area contributed by atoms with Crippen molar-refractivity contribution in [1.82, 2.24) is 19.1 Å². The number of alkyl halides is 4. The highest BCUT2D eigenvalue weighted by Gasteiger charge is 2.68. The third kappa shape index (κ3) is 12.5. The zero-order chi connectivity index (χ0) is 47.5. The standard InChI is InChI=1S/C20H29F4N5O27P6/c1-17(33)11(21)19(23,7-48-59(40,41)55-61(44,45)53-57(34,35)36)50-13(17)28-5-3-9(25-15(28)31)27-52-18(2)12(22)20(24,51-14(18)29-6-4-10(30)26-16(29)32)8-49-60(42,43)56-62(46,47)54-58(37,38)39/h3-6,11-14,33H,7-8H2,1-2H3,(H,40,41)(H,42,43)(H,44,45)(H,46,47)(H,25,27,31)(H,26,30,32)(H2,34,35,36)(H2,37,38,39)/t11-,12-,13+,14+,17+,18+,19+,20+/m0/s1. The van der Waals surface area contributed by atoms with Gasteiger partial charge in [-0.25, -0.2) is 60.0 Å². The summed E-state index contributed by atoms with van der Waals surface area (Å²) in [4.78, 5) is 120. The Bertz CT molecular complexity index is 2520. The lowest BCUT2D eigenvalue weighted by Crippen LogP contribution is -2.50. The second kappa shape index (κ2) is 17.5. The van der Waals surface area contributed by atoms with Gasteiger partial charge in [-0.05, 0) is 19.9 Å². The molecule has 2 saturated heterocycles. The number of aliphatic hydroxyl groups is 1. The Kier molecular flexibility index (Phi) is 14.8. The largest absolute Gasteiger partial charge is 0.490 e. The van der Waals surface area contributed by atoms with Gasteiger partial charge >= 0.3 is 58.3 Å². The van der Waals surface area contributed by atoms with E-state index in [1.165, 1.54) is 0 Å². The number of hydrogen-bond acceptors (Lipinski definition) is 21. The van der Waals surface area contributed by atoms with E-state index in [-0.39, 0.29) is 9.13 Å². The summed E-state index contributed by atoms with van der Waals surface area (Å²) in [7, 11) is -36.3. The van der Waals surface area contributed by atoms with Gasteiger partial charge in [-0.3, -0.25) is 32.8 Å². The molecule has 4 rings (SSSR count). The third-order valence-electron chi connectivity index (χ3n) is 7.62. The number of phosphoric acid groups is 6. The van der Waals surface area contributed by atoms with Gasteiger partial charge in [0, 0.05) is 18.5 Å². The molecule has 2 fully saturated rings. The number of halogens is 4. The summed E-state index contributed by atoms with van der Waals surface area (Å²) in [5.74, 6) is -8.96. The number of nitrogens with one attached hydrogen (secondary N) is 2. The SMILES string of the molecule is C[C@]1(O)[C@H](n2ccc(NO[C@@]3(C)[C@H](n4ccc(=O)[nH]c4=O)O[C@](F)(COP(=O)(O)OP(=O)(O)OP(=O)(O)O)[C@H]3F)nc2=O)O[C@](F)(COP(=O)(O)OP(=O)(O)OP(=O)(O)O)[C@H]1F. The molecule has 0 bridgehead atoms. The van der Waals surface area contributed by atoms with Gasteiger partial charge in [0.05, 0.1) is 0 Å². The van der Waals surface area contributed by atoms with E-state index in [9.17, 15) is 66.5 Å². The van der Waals surface area contributed by atoms with Crippen molar-refractivity contribution < 1.29 is 130 Å². The van der Waals surface area contributed by atoms with Crippen LogP contribution in [0.1, 0.15) is 26.3 Å². The summed E-state index contributed by atoms with van der Waals surface area (Å²) in [5.41, 5.74) is -8.41. The first kappa shape index (κ1) is 52.4. The molecule has 2 aliphatic heterocycles. The van der Waals surface area contributed by atoms with Crippen LogP contribution in [-0.2, 0) is 68.0 Å². The van der Waals surface area contributed by atoms with Crippen LogP contribution in [-0.4, -0.2) is 112 Å². The van der Waals surface area contributed by atoms with Gasteiger partial charge in [-0.15, -0.1) is 0 Å². The molecule has 0 amide bonds. The normalized spacial score (nSPS) is 33.3. The second-order valence-corrected chi connectivity index (χ2v) is 21.4. The number of ether oxygens (including phenoxy) is 2. The van der Waals surface area contributed by atoms with Crippen molar-refractivity contribution in [1.29, 1.82) is 0 Å². The number of hydrogen-bond donors (Lipinski definition) is 11. The molecule has 0 spiro atoms. The van der Waals surface area contributed by atoms with Crippen LogP contribution in [0.2, 0.25) is 0 Å². The summed E-state index contributed by atoms with van der Waals surface area (Å²) in [6.07, 6.45) is -10.5. The molecule has 4 heterocycles. The minimum atomic E-state index is -6.16. The number of phosphoric ester groups is 2. The number of aromatic nitrogens is 4. The Morgan fingerprint density at radius 3 is 1.63 bits per heavy atom. The summed E-state index contributed by atoms with van der Waals surface area (Å²) < 4.78 is 164. The van der Waals surface area contributed by atoms with Crippen LogP contribution < -0.4 is 22.4 Å². The maximum atomic E-state index is 16.2. The van der Waals surface area contributed by atoms with Gasteiger partial charge < -0.3 is 53.7 Å². The predicted molar refractivity (Wildman–Crippen MR) is 181 cm³/mol. The molecule has 32 nitrogen and oxygen atoms in total. The molecule has 2 aromatic heterocycles. The van der Waals surface area contributed by atoms with E-state index >= 15 is 17.6 Å². The average molecular weight is 1030 g/mol. The first-order valence-electron chi connectivity index (χ1n) is 15.4. The third-order valence-corrected chi connectivity index (χ3v) is 15.2. The van der Waals surface area contributed by atoms with Crippen molar-refractivity contribution in [3.05, 3.63) is 55.8 Å². The fraction of sp³-hybridized carbons (Fsp3) is 0.600. The maximum Gasteiger partial charge on any atom is 0.490 e. The molecule has 2 aliphatic rings. The summed E-state index contributed by atoms with van der Waals surface area (Å²) in [5, 5.41) is 10.7. The topological polar surface area (TPSA) is 469 Å². The second-order valence-electron chi connectivity index (χ2n) is 12.6. The molecule has 4 unspecified atom stereocenters. The molecule has 12 atom stereocenters. The molecule has 62 heavy (non-hydrogen) atoms. The van der Waals surface area contributed by atoms with Crippen LogP contribution in [0.15, 0.2) is 38.9 Å². The van der Waals surface area contributed by atoms with E-state index in [2.05, 4.69) is 31.3 Å². The van der Waals surface area contributed by atoms with Crippen LogP contribution in [0.25, 0.3) is 0 Å². The van der Waals surface area contributed by atoms with E-state index in [1.807, 2.05) is 5.48 Å². The predicted octanol–water partition coefficient (Wildman–Crippen LogP) is -0.601. The quantitative estimate of drug-likeness (QED) is 0.0475.